The summed E-state index contributed by atoms with van der Waals surface area (Å²) < 4.78 is 0. The molecule has 2 N–H and O–H groups in total. The summed E-state index contributed by atoms with van der Waals surface area (Å²) >= 11 is 0. The molecule has 0 aromatic heterocycles. The van der Waals surface area contributed by atoms with Gasteiger partial charge in [0, 0.05) is 5.54 Å². The van der Waals surface area contributed by atoms with Gasteiger partial charge in [-0.15, -0.1) is 0 Å². The smallest absolute Gasteiger partial charge is 0.00965 e. The molecule has 0 aromatic carbocycles. The molecule has 0 aliphatic rings. The van der Waals surface area contributed by atoms with E-state index in [1.165, 1.54) is 64.3 Å². The number of hydrogen-bond acceptors (Lipinski definition) is 2. The highest BCUT2D eigenvalue weighted by molar-refractivity contribution is 4.69. The van der Waals surface area contributed by atoms with Crippen LogP contribution in [0.25, 0.3) is 0 Å². The third-order valence-electron chi connectivity index (χ3n) is 3.39. The van der Waals surface area contributed by atoms with E-state index in [4.69, 9.17) is 0 Å². The van der Waals surface area contributed by atoms with Crippen LogP contribution in [0.15, 0.2) is 0 Å². The van der Waals surface area contributed by atoms with Crippen LogP contribution >= 0.6 is 0 Å². The van der Waals surface area contributed by atoms with Crippen LogP contribution in [0.1, 0.15) is 85.5 Å². The summed E-state index contributed by atoms with van der Waals surface area (Å²) in [7, 11) is 0. The van der Waals surface area contributed by atoms with E-state index >= 15 is 0 Å². The van der Waals surface area contributed by atoms with E-state index in [1.54, 1.807) is 0 Å². The molecule has 0 saturated heterocycles. The molecule has 0 bridgehead atoms. The summed E-state index contributed by atoms with van der Waals surface area (Å²) in [6, 6.07) is 0. The summed E-state index contributed by atoms with van der Waals surface area (Å²) in [5.74, 6) is 0. The standard InChI is InChI=1S/C17H38N2/c1-5-6-7-8-9-10-11-12-14-18-15-13-16-19-17(2,3)4/h18-19H,5-16H2,1-4H3. The van der Waals surface area contributed by atoms with Gasteiger partial charge < -0.3 is 10.6 Å². The van der Waals surface area contributed by atoms with Crippen molar-refractivity contribution in [1.82, 2.24) is 10.6 Å². The Morgan fingerprint density at radius 1 is 0.632 bits per heavy atom. The molecule has 2 heteroatoms. The highest BCUT2D eigenvalue weighted by Gasteiger charge is 2.06. The number of hydrogen-bond donors (Lipinski definition) is 2. The second kappa shape index (κ2) is 12.9. The van der Waals surface area contributed by atoms with Gasteiger partial charge in [-0.3, -0.25) is 0 Å². The lowest BCUT2D eigenvalue weighted by Gasteiger charge is -2.20. The van der Waals surface area contributed by atoms with Gasteiger partial charge in [-0.1, -0.05) is 51.9 Å². The Morgan fingerprint density at radius 2 is 1.16 bits per heavy atom. The van der Waals surface area contributed by atoms with Crippen LogP contribution < -0.4 is 10.6 Å². The van der Waals surface area contributed by atoms with E-state index in [-0.39, 0.29) is 5.54 Å². The molecule has 0 radical (unpaired) electrons. The number of rotatable bonds is 13. The molecule has 2 nitrogen and oxygen atoms in total. The van der Waals surface area contributed by atoms with E-state index in [2.05, 4.69) is 38.3 Å². The molecule has 0 spiro atoms. The predicted octanol–water partition coefficient (Wildman–Crippen LogP) is 4.49. The first-order valence-corrected chi connectivity index (χ1v) is 8.52. The fraction of sp³-hybridized carbons (Fsp3) is 1.00. The molecule has 0 atom stereocenters. The minimum Gasteiger partial charge on any atom is -0.317 e. The molecule has 0 aliphatic carbocycles. The molecule has 0 aromatic rings. The first-order chi connectivity index (χ1) is 9.06. The molecule has 0 fully saturated rings. The Hall–Kier alpha value is -0.0800. The molecule has 0 amide bonds. The Kier molecular flexibility index (Phi) is 12.9. The first kappa shape index (κ1) is 18.9. The molecule has 0 rings (SSSR count). The Morgan fingerprint density at radius 3 is 1.74 bits per heavy atom. The third-order valence-corrected chi connectivity index (χ3v) is 3.39. The van der Waals surface area contributed by atoms with Gasteiger partial charge in [-0.25, -0.2) is 0 Å². The molecule has 0 aliphatic heterocycles. The molecule has 0 unspecified atom stereocenters. The van der Waals surface area contributed by atoms with Gasteiger partial charge >= 0.3 is 0 Å². The maximum atomic E-state index is 3.54. The lowest BCUT2D eigenvalue weighted by atomic mass is 10.1. The van der Waals surface area contributed by atoms with Gasteiger partial charge in [0.2, 0.25) is 0 Å². The van der Waals surface area contributed by atoms with Crippen LogP contribution in [0, 0.1) is 0 Å². The second-order valence-corrected chi connectivity index (χ2v) is 6.76. The van der Waals surface area contributed by atoms with Crippen LogP contribution in [0.2, 0.25) is 0 Å². The van der Waals surface area contributed by atoms with Gasteiger partial charge in [0.05, 0.1) is 0 Å². The van der Waals surface area contributed by atoms with Crippen LogP contribution in [0.3, 0.4) is 0 Å². The molecule has 0 heterocycles. The lowest BCUT2D eigenvalue weighted by Crippen LogP contribution is -2.37. The van der Waals surface area contributed by atoms with Gasteiger partial charge in [0.1, 0.15) is 0 Å². The maximum Gasteiger partial charge on any atom is 0.00965 e. The summed E-state index contributed by atoms with van der Waals surface area (Å²) in [6.07, 6.45) is 12.5. The Bertz CT molecular complexity index is 173. The second-order valence-electron chi connectivity index (χ2n) is 6.76. The van der Waals surface area contributed by atoms with Crippen molar-refractivity contribution in [3.63, 3.8) is 0 Å². The van der Waals surface area contributed by atoms with Crippen molar-refractivity contribution in [2.45, 2.75) is 91.0 Å². The lowest BCUT2D eigenvalue weighted by molar-refractivity contribution is 0.418. The average Bonchev–Trinajstić information content (AvgIpc) is 2.34. The zero-order valence-corrected chi connectivity index (χ0v) is 14.0. The van der Waals surface area contributed by atoms with E-state index in [0.29, 0.717) is 0 Å². The van der Waals surface area contributed by atoms with Gasteiger partial charge in [-0.05, 0) is 53.2 Å². The largest absolute Gasteiger partial charge is 0.317 e. The molecular formula is C17H38N2. The summed E-state index contributed by atoms with van der Waals surface area (Å²) in [6.45, 7) is 12.4. The van der Waals surface area contributed by atoms with Crippen molar-refractivity contribution in [2.24, 2.45) is 0 Å². The van der Waals surface area contributed by atoms with Crippen molar-refractivity contribution < 1.29 is 0 Å². The zero-order chi connectivity index (χ0) is 14.4. The van der Waals surface area contributed by atoms with Gasteiger partial charge in [0.15, 0.2) is 0 Å². The summed E-state index contributed by atoms with van der Waals surface area (Å²) in [4.78, 5) is 0. The van der Waals surface area contributed by atoms with Crippen LogP contribution in [-0.4, -0.2) is 25.2 Å². The SMILES string of the molecule is CCCCCCCCCCNCCCNC(C)(C)C. The highest BCUT2D eigenvalue weighted by atomic mass is 14.9. The third kappa shape index (κ3) is 17.9. The Labute approximate surface area is 122 Å². The molecule has 0 saturated carbocycles. The molecular weight excluding hydrogens is 232 g/mol. The number of unbranched alkanes of at least 4 members (excludes halogenated alkanes) is 7. The summed E-state index contributed by atoms with van der Waals surface area (Å²) in [5, 5.41) is 7.06. The fourth-order valence-electron chi connectivity index (χ4n) is 2.19. The predicted molar refractivity (Wildman–Crippen MR) is 87.9 cm³/mol. The van der Waals surface area contributed by atoms with Crippen molar-refractivity contribution in [3.05, 3.63) is 0 Å². The molecule has 116 valence electrons. The summed E-state index contributed by atoms with van der Waals surface area (Å²) in [5.41, 5.74) is 0.262. The van der Waals surface area contributed by atoms with Crippen LogP contribution in [0.4, 0.5) is 0 Å². The van der Waals surface area contributed by atoms with Crippen LogP contribution in [0.5, 0.6) is 0 Å². The van der Waals surface area contributed by atoms with E-state index in [9.17, 15) is 0 Å². The van der Waals surface area contributed by atoms with Crippen molar-refractivity contribution in [3.8, 4) is 0 Å². The van der Waals surface area contributed by atoms with E-state index < -0.39 is 0 Å². The quantitative estimate of drug-likeness (QED) is 0.482. The Balaban J connectivity index is 2.99. The minimum absolute atomic E-state index is 0.262. The average molecular weight is 271 g/mol. The first-order valence-electron chi connectivity index (χ1n) is 8.52. The van der Waals surface area contributed by atoms with Crippen molar-refractivity contribution in [1.29, 1.82) is 0 Å². The maximum absolute atomic E-state index is 3.54. The van der Waals surface area contributed by atoms with Crippen molar-refractivity contribution in [2.75, 3.05) is 19.6 Å². The molecule has 19 heavy (non-hydrogen) atoms. The monoisotopic (exact) mass is 270 g/mol. The highest BCUT2D eigenvalue weighted by Crippen LogP contribution is 2.07. The fourth-order valence-corrected chi connectivity index (χ4v) is 2.19. The zero-order valence-electron chi connectivity index (χ0n) is 14.0. The van der Waals surface area contributed by atoms with E-state index in [0.717, 1.165) is 13.1 Å². The van der Waals surface area contributed by atoms with Crippen molar-refractivity contribution >= 4 is 0 Å². The number of nitrogens with one attached hydrogen (secondary N) is 2. The van der Waals surface area contributed by atoms with E-state index in [1.807, 2.05) is 0 Å². The topological polar surface area (TPSA) is 24.1 Å². The van der Waals surface area contributed by atoms with Crippen LogP contribution in [-0.2, 0) is 0 Å². The van der Waals surface area contributed by atoms with Gasteiger partial charge in [0.25, 0.3) is 0 Å². The normalized spacial score (nSPS) is 12.0. The minimum atomic E-state index is 0.262. The van der Waals surface area contributed by atoms with Gasteiger partial charge in [-0.2, -0.15) is 0 Å².